The van der Waals surface area contributed by atoms with Crippen LogP contribution in [0.15, 0.2) is 12.2 Å². The van der Waals surface area contributed by atoms with Gasteiger partial charge in [-0.2, -0.15) is 0 Å². The third-order valence-corrected chi connectivity index (χ3v) is 1.73. The largest absolute Gasteiger partial charge is 0.369 e. The maximum atomic E-state index is 10.6. The van der Waals surface area contributed by atoms with E-state index in [1.165, 1.54) is 0 Å². The monoisotopic (exact) mass is 141 g/mol. The Balaban J connectivity index is 3.93. The lowest BCUT2D eigenvalue weighted by molar-refractivity contribution is -0.122. The summed E-state index contributed by atoms with van der Waals surface area (Å²) < 4.78 is 0. The minimum Gasteiger partial charge on any atom is -0.369 e. The summed E-state index contributed by atoms with van der Waals surface area (Å²) in [6.07, 6.45) is 3.92. The molecule has 0 rings (SSSR count). The van der Waals surface area contributed by atoms with E-state index in [0.717, 1.165) is 0 Å². The van der Waals surface area contributed by atoms with Crippen molar-refractivity contribution in [1.29, 1.82) is 0 Å². The summed E-state index contributed by atoms with van der Waals surface area (Å²) in [7, 11) is 0. The van der Waals surface area contributed by atoms with E-state index in [1.807, 2.05) is 32.9 Å². The van der Waals surface area contributed by atoms with E-state index in [4.69, 9.17) is 5.73 Å². The second kappa shape index (κ2) is 4.09. The highest BCUT2D eigenvalue weighted by atomic mass is 16.1. The molecule has 0 aliphatic rings. The number of nitrogens with two attached hydrogens (primary N) is 1. The molecule has 2 heteroatoms. The van der Waals surface area contributed by atoms with Crippen LogP contribution in [-0.4, -0.2) is 5.91 Å². The van der Waals surface area contributed by atoms with Gasteiger partial charge in [0.1, 0.15) is 0 Å². The first-order valence-electron chi connectivity index (χ1n) is 3.51. The van der Waals surface area contributed by atoms with E-state index >= 15 is 0 Å². The molecule has 0 aromatic carbocycles. The lowest BCUT2D eigenvalue weighted by Crippen LogP contribution is -2.25. The topological polar surface area (TPSA) is 43.1 Å². The predicted octanol–water partition coefficient (Wildman–Crippen LogP) is 1.32. The van der Waals surface area contributed by atoms with Crippen LogP contribution in [0.1, 0.15) is 20.8 Å². The number of carbonyl (C=O) groups is 1. The molecule has 10 heavy (non-hydrogen) atoms. The minimum absolute atomic E-state index is 0.0591. The molecule has 0 saturated carbocycles. The van der Waals surface area contributed by atoms with Gasteiger partial charge in [-0.15, -0.1) is 0 Å². The molecule has 2 N–H and O–H groups in total. The van der Waals surface area contributed by atoms with Crippen LogP contribution in [0.3, 0.4) is 0 Å². The maximum Gasteiger partial charge on any atom is 0.220 e. The molecule has 0 saturated heterocycles. The van der Waals surface area contributed by atoms with Gasteiger partial charge in [0.2, 0.25) is 5.91 Å². The maximum absolute atomic E-state index is 10.6. The standard InChI is InChI=1S/C8H15NO/c1-4-5-6(2)7(3)8(9)10/h4-7H,1-3H3,(H2,9,10)/b5-4+/t6-,7-/m0/s1. The zero-order chi connectivity index (χ0) is 8.15. The fraction of sp³-hybridized carbons (Fsp3) is 0.625. The van der Waals surface area contributed by atoms with Crippen molar-refractivity contribution in [1.82, 2.24) is 0 Å². The molecular formula is C8H15NO. The summed E-state index contributed by atoms with van der Waals surface area (Å²) in [6.45, 7) is 5.76. The molecule has 0 aromatic heterocycles. The smallest absolute Gasteiger partial charge is 0.220 e. The van der Waals surface area contributed by atoms with E-state index in [2.05, 4.69) is 0 Å². The fourth-order valence-corrected chi connectivity index (χ4v) is 0.729. The van der Waals surface area contributed by atoms with E-state index in [0.29, 0.717) is 0 Å². The Bertz CT molecular complexity index is 140. The summed E-state index contributed by atoms with van der Waals surface area (Å²) in [5.41, 5.74) is 5.09. The van der Waals surface area contributed by atoms with Gasteiger partial charge in [-0.05, 0) is 12.8 Å². The molecule has 0 heterocycles. The van der Waals surface area contributed by atoms with Gasteiger partial charge < -0.3 is 5.73 Å². The van der Waals surface area contributed by atoms with Gasteiger partial charge >= 0.3 is 0 Å². The minimum atomic E-state index is -0.231. The molecule has 0 aliphatic carbocycles. The average molecular weight is 141 g/mol. The molecule has 0 fully saturated rings. The zero-order valence-corrected chi connectivity index (χ0v) is 6.79. The Morgan fingerprint density at radius 2 is 2.00 bits per heavy atom. The fourth-order valence-electron chi connectivity index (χ4n) is 0.729. The second-order valence-electron chi connectivity index (χ2n) is 2.58. The Labute approximate surface area is 62.1 Å². The quantitative estimate of drug-likeness (QED) is 0.592. The SMILES string of the molecule is C/C=C/[C@H](C)[C@H](C)C(N)=O. The molecule has 0 radical (unpaired) electrons. The molecule has 0 bridgehead atoms. The first-order valence-corrected chi connectivity index (χ1v) is 3.51. The first kappa shape index (κ1) is 9.21. The lowest BCUT2D eigenvalue weighted by Gasteiger charge is -2.11. The van der Waals surface area contributed by atoms with Gasteiger partial charge in [-0.3, -0.25) is 4.79 Å². The van der Waals surface area contributed by atoms with Gasteiger partial charge in [0.25, 0.3) is 0 Å². The van der Waals surface area contributed by atoms with Crippen LogP contribution >= 0.6 is 0 Å². The summed E-state index contributed by atoms with van der Waals surface area (Å²) in [4.78, 5) is 10.6. The highest BCUT2D eigenvalue weighted by Gasteiger charge is 2.13. The first-order chi connectivity index (χ1) is 4.59. The van der Waals surface area contributed by atoms with Crippen LogP contribution in [0.5, 0.6) is 0 Å². The number of carbonyl (C=O) groups excluding carboxylic acids is 1. The zero-order valence-electron chi connectivity index (χ0n) is 6.79. The summed E-state index contributed by atoms with van der Waals surface area (Å²) >= 11 is 0. The number of primary amides is 1. The average Bonchev–Trinajstić information content (AvgIpc) is 1.87. The molecule has 1 amide bonds. The van der Waals surface area contributed by atoms with Crippen molar-refractivity contribution in [2.45, 2.75) is 20.8 Å². The third-order valence-electron chi connectivity index (χ3n) is 1.73. The van der Waals surface area contributed by atoms with E-state index < -0.39 is 0 Å². The van der Waals surface area contributed by atoms with Crippen LogP contribution in [0.25, 0.3) is 0 Å². The normalized spacial score (nSPS) is 17.1. The molecular weight excluding hydrogens is 126 g/mol. The highest BCUT2D eigenvalue weighted by Crippen LogP contribution is 2.10. The van der Waals surface area contributed by atoms with Crippen molar-refractivity contribution >= 4 is 5.91 Å². The highest BCUT2D eigenvalue weighted by molar-refractivity contribution is 5.76. The number of amides is 1. The van der Waals surface area contributed by atoms with E-state index in [9.17, 15) is 4.79 Å². The number of rotatable bonds is 3. The Kier molecular flexibility index (Phi) is 3.77. The van der Waals surface area contributed by atoms with Crippen molar-refractivity contribution in [3.63, 3.8) is 0 Å². The van der Waals surface area contributed by atoms with Crippen LogP contribution in [-0.2, 0) is 4.79 Å². The molecule has 2 atom stereocenters. The van der Waals surface area contributed by atoms with Crippen molar-refractivity contribution in [2.75, 3.05) is 0 Å². The van der Waals surface area contributed by atoms with Gasteiger partial charge in [0.15, 0.2) is 0 Å². The van der Waals surface area contributed by atoms with Crippen molar-refractivity contribution in [2.24, 2.45) is 17.6 Å². The number of hydrogen-bond acceptors (Lipinski definition) is 1. The van der Waals surface area contributed by atoms with Gasteiger partial charge in [0.05, 0.1) is 0 Å². The van der Waals surface area contributed by atoms with E-state index in [1.54, 1.807) is 0 Å². The Hall–Kier alpha value is -0.790. The Morgan fingerprint density at radius 1 is 1.50 bits per heavy atom. The van der Waals surface area contributed by atoms with Gasteiger partial charge in [-0.25, -0.2) is 0 Å². The molecule has 0 aromatic rings. The lowest BCUT2D eigenvalue weighted by atomic mass is 9.95. The summed E-state index contributed by atoms with van der Waals surface area (Å²) in [5, 5.41) is 0. The van der Waals surface area contributed by atoms with Gasteiger partial charge in [-0.1, -0.05) is 26.0 Å². The predicted molar refractivity (Wildman–Crippen MR) is 42.3 cm³/mol. The van der Waals surface area contributed by atoms with Gasteiger partial charge in [0, 0.05) is 5.92 Å². The molecule has 0 spiro atoms. The van der Waals surface area contributed by atoms with E-state index in [-0.39, 0.29) is 17.7 Å². The molecule has 2 nitrogen and oxygen atoms in total. The molecule has 0 aliphatic heterocycles. The molecule has 58 valence electrons. The van der Waals surface area contributed by atoms with Crippen LogP contribution in [0.2, 0.25) is 0 Å². The van der Waals surface area contributed by atoms with Crippen molar-refractivity contribution < 1.29 is 4.79 Å². The Morgan fingerprint density at radius 3 is 2.30 bits per heavy atom. The summed E-state index contributed by atoms with van der Waals surface area (Å²) in [6, 6.07) is 0. The second-order valence-corrected chi connectivity index (χ2v) is 2.58. The van der Waals surface area contributed by atoms with Crippen LogP contribution < -0.4 is 5.73 Å². The van der Waals surface area contributed by atoms with Crippen molar-refractivity contribution in [3.8, 4) is 0 Å². The number of allylic oxidation sites excluding steroid dienone is 2. The third kappa shape index (κ3) is 2.67. The number of hydrogen-bond donors (Lipinski definition) is 1. The summed E-state index contributed by atoms with van der Waals surface area (Å²) in [5.74, 6) is -0.0377. The van der Waals surface area contributed by atoms with Crippen LogP contribution in [0.4, 0.5) is 0 Å². The van der Waals surface area contributed by atoms with Crippen LogP contribution in [0, 0.1) is 11.8 Å². The molecule has 0 unspecified atom stereocenters. The van der Waals surface area contributed by atoms with Crippen molar-refractivity contribution in [3.05, 3.63) is 12.2 Å².